The van der Waals surface area contributed by atoms with E-state index in [-0.39, 0.29) is 23.9 Å². The van der Waals surface area contributed by atoms with Crippen LogP contribution in [-0.4, -0.2) is 0 Å². The Labute approximate surface area is 98.3 Å². The number of benzene rings is 2. The molecule has 0 spiro atoms. The Morgan fingerprint density at radius 1 is 0.875 bits per heavy atom. The minimum atomic E-state index is -0.489. The Kier molecular flexibility index (Phi) is 3.85. The number of anilines is 1. The molecule has 16 heavy (non-hydrogen) atoms. The Morgan fingerprint density at radius 3 is 2.19 bits per heavy atom. The molecule has 2 N–H and O–H groups in total. The fraction of sp³-hybridized carbons (Fsp3) is 0. The summed E-state index contributed by atoms with van der Waals surface area (Å²) in [4.78, 5) is 0. The van der Waals surface area contributed by atoms with Crippen LogP contribution in [0.25, 0.3) is 11.1 Å². The second-order valence-corrected chi connectivity index (χ2v) is 3.25. The van der Waals surface area contributed by atoms with Gasteiger partial charge >= 0.3 is 0 Å². The van der Waals surface area contributed by atoms with Crippen LogP contribution in [0.3, 0.4) is 0 Å². The van der Waals surface area contributed by atoms with E-state index in [9.17, 15) is 8.78 Å². The lowest BCUT2D eigenvalue weighted by Gasteiger charge is -2.03. The molecule has 1 nitrogen and oxygen atoms in total. The lowest BCUT2D eigenvalue weighted by Crippen LogP contribution is -1.90. The molecule has 0 atom stereocenters. The van der Waals surface area contributed by atoms with E-state index in [0.717, 1.165) is 0 Å². The molecule has 0 aliphatic rings. The molecule has 2 aromatic carbocycles. The molecular formula is C12H10ClF2N. The molecule has 2 aromatic rings. The summed E-state index contributed by atoms with van der Waals surface area (Å²) in [6, 6.07) is 10.4. The highest BCUT2D eigenvalue weighted by Gasteiger charge is 2.02. The topological polar surface area (TPSA) is 26.0 Å². The summed E-state index contributed by atoms with van der Waals surface area (Å²) in [5.41, 5.74) is 6.69. The zero-order valence-corrected chi connectivity index (χ0v) is 9.10. The maximum Gasteiger partial charge on any atom is 0.146 e. The molecule has 0 radical (unpaired) electrons. The van der Waals surface area contributed by atoms with Gasteiger partial charge in [0.15, 0.2) is 0 Å². The van der Waals surface area contributed by atoms with Crippen molar-refractivity contribution in [3.63, 3.8) is 0 Å². The maximum atomic E-state index is 13.1. The van der Waals surface area contributed by atoms with Crippen molar-refractivity contribution in [3.8, 4) is 11.1 Å². The monoisotopic (exact) mass is 241 g/mol. The SMILES string of the molecule is Cl.Nc1ccc(-c2cccc(F)c2)cc1F. The van der Waals surface area contributed by atoms with Gasteiger partial charge in [0.05, 0.1) is 5.69 Å². The molecule has 2 rings (SSSR count). The third-order valence-electron chi connectivity index (χ3n) is 2.16. The second kappa shape index (κ2) is 4.94. The molecule has 0 bridgehead atoms. The molecule has 0 saturated heterocycles. The lowest BCUT2D eigenvalue weighted by atomic mass is 10.1. The van der Waals surface area contributed by atoms with E-state index < -0.39 is 5.82 Å². The average molecular weight is 242 g/mol. The first-order chi connectivity index (χ1) is 7.16. The molecule has 4 heteroatoms. The summed E-state index contributed by atoms with van der Waals surface area (Å²) < 4.78 is 26.1. The highest BCUT2D eigenvalue weighted by molar-refractivity contribution is 5.85. The van der Waals surface area contributed by atoms with Crippen LogP contribution in [0.2, 0.25) is 0 Å². The van der Waals surface area contributed by atoms with Gasteiger partial charge in [-0.2, -0.15) is 0 Å². The molecule has 0 heterocycles. The standard InChI is InChI=1S/C12H9F2N.ClH/c13-10-3-1-2-8(6-10)9-4-5-12(15)11(14)7-9;/h1-7H,15H2;1H. The Morgan fingerprint density at radius 2 is 1.56 bits per heavy atom. The summed E-state index contributed by atoms with van der Waals surface area (Å²) in [5, 5.41) is 0. The fourth-order valence-corrected chi connectivity index (χ4v) is 1.37. The van der Waals surface area contributed by atoms with Crippen molar-refractivity contribution < 1.29 is 8.78 Å². The molecule has 0 unspecified atom stereocenters. The van der Waals surface area contributed by atoms with Gasteiger partial charge in [0.25, 0.3) is 0 Å². The van der Waals surface area contributed by atoms with E-state index in [2.05, 4.69) is 0 Å². The van der Waals surface area contributed by atoms with Gasteiger partial charge in [0, 0.05) is 0 Å². The van der Waals surface area contributed by atoms with Gasteiger partial charge < -0.3 is 5.73 Å². The second-order valence-electron chi connectivity index (χ2n) is 3.25. The van der Waals surface area contributed by atoms with Gasteiger partial charge in [0.1, 0.15) is 11.6 Å². The Hall–Kier alpha value is -1.61. The fourth-order valence-electron chi connectivity index (χ4n) is 1.37. The van der Waals surface area contributed by atoms with Crippen molar-refractivity contribution in [2.75, 3.05) is 5.73 Å². The number of nitrogen functional groups attached to an aromatic ring is 1. The first-order valence-electron chi connectivity index (χ1n) is 4.48. The molecular weight excluding hydrogens is 232 g/mol. The first kappa shape index (κ1) is 12.5. The highest BCUT2D eigenvalue weighted by atomic mass is 35.5. The third-order valence-corrected chi connectivity index (χ3v) is 2.16. The van der Waals surface area contributed by atoms with Crippen molar-refractivity contribution >= 4 is 18.1 Å². The molecule has 84 valence electrons. The molecule has 0 aliphatic carbocycles. The highest BCUT2D eigenvalue weighted by Crippen LogP contribution is 2.23. The number of halogens is 3. The molecule has 0 saturated carbocycles. The zero-order valence-electron chi connectivity index (χ0n) is 8.28. The van der Waals surface area contributed by atoms with Crippen LogP contribution in [-0.2, 0) is 0 Å². The maximum absolute atomic E-state index is 13.1. The Bertz CT molecular complexity index is 500. The van der Waals surface area contributed by atoms with Gasteiger partial charge in [-0.25, -0.2) is 8.78 Å². The van der Waals surface area contributed by atoms with Crippen molar-refractivity contribution in [1.82, 2.24) is 0 Å². The van der Waals surface area contributed by atoms with Crippen molar-refractivity contribution in [3.05, 3.63) is 54.1 Å². The normalized spacial score (nSPS) is 9.62. The summed E-state index contributed by atoms with van der Waals surface area (Å²) in [6.45, 7) is 0. The van der Waals surface area contributed by atoms with E-state index in [0.29, 0.717) is 11.1 Å². The van der Waals surface area contributed by atoms with Crippen molar-refractivity contribution in [1.29, 1.82) is 0 Å². The van der Waals surface area contributed by atoms with Crippen LogP contribution in [0, 0.1) is 11.6 Å². The predicted molar refractivity (Wildman–Crippen MR) is 63.5 cm³/mol. The number of nitrogens with two attached hydrogens (primary N) is 1. The minimum absolute atomic E-state index is 0. The third kappa shape index (κ3) is 2.49. The molecule has 0 aliphatic heterocycles. The Balaban J connectivity index is 0.00000128. The largest absolute Gasteiger partial charge is 0.396 e. The van der Waals surface area contributed by atoms with Gasteiger partial charge in [-0.3, -0.25) is 0 Å². The molecule has 0 amide bonds. The average Bonchev–Trinajstić information content (AvgIpc) is 2.22. The van der Waals surface area contributed by atoms with E-state index in [1.165, 1.54) is 24.3 Å². The van der Waals surface area contributed by atoms with E-state index >= 15 is 0 Å². The summed E-state index contributed by atoms with van der Waals surface area (Å²) in [5.74, 6) is -0.832. The number of hydrogen-bond donors (Lipinski definition) is 1. The van der Waals surface area contributed by atoms with E-state index in [1.807, 2.05) is 0 Å². The summed E-state index contributed by atoms with van der Waals surface area (Å²) in [7, 11) is 0. The van der Waals surface area contributed by atoms with Crippen LogP contribution < -0.4 is 5.73 Å². The number of hydrogen-bond acceptors (Lipinski definition) is 1. The van der Waals surface area contributed by atoms with Crippen LogP contribution >= 0.6 is 12.4 Å². The number of rotatable bonds is 1. The summed E-state index contributed by atoms with van der Waals surface area (Å²) >= 11 is 0. The predicted octanol–water partition coefficient (Wildman–Crippen LogP) is 3.64. The van der Waals surface area contributed by atoms with E-state index in [4.69, 9.17) is 5.73 Å². The first-order valence-corrected chi connectivity index (χ1v) is 4.48. The van der Waals surface area contributed by atoms with Gasteiger partial charge in [-0.15, -0.1) is 12.4 Å². The van der Waals surface area contributed by atoms with Gasteiger partial charge in [-0.05, 0) is 35.4 Å². The molecule has 0 fully saturated rings. The van der Waals surface area contributed by atoms with Crippen LogP contribution in [0.1, 0.15) is 0 Å². The molecule has 0 aromatic heterocycles. The van der Waals surface area contributed by atoms with Crippen LogP contribution in [0.5, 0.6) is 0 Å². The van der Waals surface area contributed by atoms with Crippen LogP contribution in [0.15, 0.2) is 42.5 Å². The van der Waals surface area contributed by atoms with E-state index in [1.54, 1.807) is 18.2 Å². The lowest BCUT2D eigenvalue weighted by molar-refractivity contribution is 0.627. The minimum Gasteiger partial charge on any atom is -0.396 e. The smallest absolute Gasteiger partial charge is 0.146 e. The zero-order chi connectivity index (χ0) is 10.8. The van der Waals surface area contributed by atoms with Gasteiger partial charge in [-0.1, -0.05) is 18.2 Å². The van der Waals surface area contributed by atoms with Crippen LogP contribution in [0.4, 0.5) is 14.5 Å². The summed E-state index contributed by atoms with van der Waals surface area (Å²) in [6.07, 6.45) is 0. The van der Waals surface area contributed by atoms with Crippen molar-refractivity contribution in [2.24, 2.45) is 0 Å². The van der Waals surface area contributed by atoms with Gasteiger partial charge in [0.2, 0.25) is 0 Å². The quantitative estimate of drug-likeness (QED) is 0.758. The van der Waals surface area contributed by atoms with Crippen molar-refractivity contribution in [2.45, 2.75) is 0 Å².